The standard InChI is InChI=1S/C17H16ClN5O2/c1-9-12-6-11(8-20-15(12)23(3)22-9)17(25)21-14-7-10(16(24)19-2)4-5-13(14)18/h4-8H,1-3H3,(H,19,24)(H,21,25). The molecule has 2 heterocycles. The first-order valence-electron chi connectivity index (χ1n) is 7.53. The van der Waals surface area contributed by atoms with Gasteiger partial charge >= 0.3 is 0 Å². The van der Waals surface area contributed by atoms with E-state index in [0.29, 0.717) is 27.5 Å². The number of nitrogens with one attached hydrogen (secondary N) is 2. The Morgan fingerprint density at radius 1 is 1.16 bits per heavy atom. The van der Waals surface area contributed by atoms with Crippen LogP contribution < -0.4 is 10.6 Å². The Bertz CT molecular complexity index is 996. The van der Waals surface area contributed by atoms with Crippen LogP contribution in [-0.4, -0.2) is 33.6 Å². The summed E-state index contributed by atoms with van der Waals surface area (Å²) in [5, 5.41) is 10.7. The van der Waals surface area contributed by atoms with Crippen LogP contribution in [0.2, 0.25) is 5.02 Å². The Morgan fingerprint density at radius 2 is 1.92 bits per heavy atom. The molecule has 0 radical (unpaired) electrons. The third-order valence-corrected chi connectivity index (χ3v) is 4.16. The van der Waals surface area contributed by atoms with Crippen LogP contribution in [0.15, 0.2) is 30.5 Å². The normalized spacial score (nSPS) is 10.7. The molecule has 0 aliphatic heterocycles. The lowest BCUT2D eigenvalue weighted by Gasteiger charge is -2.09. The summed E-state index contributed by atoms with van der Waals surface area (Å²) in [5.74, 6) is -0.630. The van der Waals surface area contributed by atoms with E-state index in [4.69, 9.17) is 11.6 Å². The molecule has 2 amide bonds. The van der Waals surface area contributed by atoms with E-state index in [1.165, 1.54) is 19.3 Å². The molecule has 3 rings (SSSR count). The fourth-order valence-corrected chi connectivity index (χ4v) is 2.70. The van der Waals surface area contributed by atoms with Gasteiger partial charge in [-0.05, 0) is 31.2 Å². The molecular formula is C17H16ClN5O2. The Morgan fingerprint density at radius 3 is 2.64 bits per heavy atom. The van der Waals surface area contributed by atoms with Gasteiger partial charge in [0.2, 0.25) is 0 Å². The molecule has 0 unspecified atom stereocenters. The first kappa shape index (κ1) is 16.9. The average Bonchev–Trinajstić information content (AvgIpc) is 2.89. The number of pyridine rings is 1. The molecule has 128 valence electrons. The van der Waals surface area contributed by atoms with E-state index >= 15 is 0 Å². The van der Waals surface area contributed by atoms with E-state index in [2.05, 4.69) is 20.7 Å². The lowest BCUT2D eigenvalue weighted by Crippen LogP contribution is -2.18. The highest BCUT2D eigenvalue weighted by atomic mass is 35.5. The number of rotatable bonds is 3. The minimum Gasteiger partial charge on any atom is -0.355 e. The van der Waals surface area contributed by atoms with Gasteiger partial charge in [0.05, 0.1) is 22.0 Å². The molecule has 0 spiro atoms. The van der Waals surface area contributed by atoms with Gasteiger partial charge in [-0.2, -0.15) is 5.10 Å². The predicted octanol–water partition coefficient (Wildman–Crippen LogP) is 2.54. The summed E-state index contributed by atoms with van der Waals surface area (Å²) >= 11 is 6.12. The quantitative estimate of drug-likeness (QED) is 0.753. The van der Waals surface area contributed by atoms with Crippen LogP contribution in [-0.2, 0) is 7.05 Å². The zero-order chi connectivity index (χ0) is 18.1. The van der Waals surface area contributed by atoms with Crippen LogP contribution >= 0.6 is 11.6 Å². The Kier molecular flexibility index (Phi) is 4.41. The Hall–Kier alpha value is -2.93. The summed E-state index contributed by atoms with van der Waals surface area (Å²) in [6, 6.07) is 6.41. The maximum atomic E-state index is 12.5. The van der Waals surface area contributed by atoms with Crippen LogP contribution in [0.5, 0.6) is 0 Å². The van der Waals surface area contributed by atoms with Gasteiger partial charge in [-0.1, -0.05) is 11.6 Å². The number of benzene rings is 1. The van der Waals surface area contributed by atoms with E-state index in [9.17, 15) is 9.59 Å². The first-order valence-corrected chi connectivity index (χ1v) is 7.91. The summed E-state index contributed by atoms with van der Waals surface area (Å²) in [7, 11) is 3.33. The summed E-state index contributed by atoms with van der Waals surface area (Å²) in [6.45, 7) is 1.86. The minimum absolute atomic E-state index is 0.263. The second-order valence-corrected chi connectivity index (χ2v) is 5.94. The number of amides is 2. The molecule has 0 aliphatic rings. The fraction of sp³-hybridized carbons (Fsp3) is 0.176. The smallest absolute Gasteiger partial charge is 0.257 e. The monoisotopic (exact) mass is 357 g/mol. The van der Waals surface area contributed by atoms with Crippen molar-refractivity contribution in [3.63, 3.8) is 0 Å². The second kappa shape index (κ2) is 6.52. The van der Waals surface area contributed by atoms with E-state index in [0.717, 1.165) is 11.1 Å². The van der Waals surface area contributed by atoms with Crippen molar-refractivity contribution in [2.24, 2.45) is 7.05 Å². The number of carbonyl (C=O) groups is 2. The number of fused-ring (bicyclic) bond motifs is 1. The Balaban J connectivity index is 1.92. The van der Waals surface area contributed by atoms with E-state index < -0.39 is 0 Å². The number of aromatic nitrogens is 3. The Labute approximate surface area is 149 Å². The van der Waals surface area contributed by atoms with Crippen molar-refractivity contribution in [2.75, 3.05) is 12.4 Å². The summed E-state index contributed by atoms with van der Waals surface area (Å²) in [4.78, 5) is 28.6. The number of hydrogen-bond acceptors (Lipinski definition) is 4. The van der Waals surface area contributed by atoms with Crippen LogP contribution in [0, 0.1) is 6.92 Å². The molecule has 7 nitrogen and oxygen atoms in total. The van der Waals surface area contributed by atoms with Crippen molar-refractivity contribution in [1.29, 1.82) is 0 Å². The van der Waals surface area contributed by atoms with Crippen LogP contribution in [0.25, 0.3) is 11.0 Å². The van der Waals surface area contributed by atoms with Crippen molar-refractivity contribution in [1.82, 2.24) is 20.1 Å². The van der Waals surface area contributed by atoms with Crippen molar-refractivity contribution in [3.05, 3.63) is 52.3 Å². The first-order chi connectivity index (χ1) is 11.9. The average molecular weight is 358 g/mol. The van der Waals surface area contributed by atoms with E-state index in [1.807, 2.05) is 6.92 Å². The molecule has 2 aromatic heterocycles. The highest BCUT2D eigenvalue weighted by molar-refractivity contribution is 6.34. The van der Waals surface area contributed by atoms with Crippen LogP contribution in [0.4, 0.5) is 5.69 Å². The minimum atomic E-state index is -0.367. The lowest BCUT2D eigenvalue weighted by atomic mass is 10.1. The molecule has 25 heavy (non-hydrogen) atoms. The number of anilines is 1. The van der Waals surface area contributed by atoms with Gasteiger partial charge in [-0.25, -0.2) is 4.98 Å². The maximum absolute atomic E-state index is 12.5. The number of hydrogen-bond donors (Lipinski definition) is 2. The SMILES string of the molecule is CNC(=O)c1ccc(Cl)c(NC(=O)c2cnc3c(c2)c(C)nn3C)c1. The largest absolute Gasteiger partial charge is 0.355 e. The number of halogens is 1. The van der Waals surface area contributed by atoms with Crippen molar-refractivity contribution < 1.29 is 9.59 Å². The van der Waals surface area contributed by atoms with Gasteiger partial charge < -0.3 is 10.6 Å². The zero-order valence-electron chi connectivity index (χ0n) is 13.9. The molecular weight excluding hydrogens is 342 g/mol. The zero-order valence-corrected chi connectivity index (χ0v) is 14.7. The van der Waals surface area contributed by atoms with Gasteiger partial charge in [-0.15, -0.1) is 0 Å². The molecule has 2 N–H and O–H groups in total. The molecule has 0 aliphatic carbocycles. The molecule has 3 aromatic rings. The second-order valence-electron chi connectivity index (χ2n) is 5.53. The third kappa shape index (κ3) is 3.18. The lowest BCUT2D eigenvalue weighted by molar-refractivity contribution is 0.0961. The topological polar surface area (TPSA) is 88.9 Å². The highest BCUT2D eigenvalue weighted by Gasteiger charge is 2.14. The number of nitrogens with zero attached hydrogens (tertiary/aromatic N) is 3. The van der Waals surface area contributed by atoms with Crippen LogP contribution in [0.3, 0.4) is 0 Å². The van der Waals surface area contributed by atoms with Gasteiger partial charge in [-0.3, -0.25) is 14.3 Å². The van der Waals surface area contributed by atoms with Gasteiger partial charge in [0.25, 0.3) is 11.8 Å². The molecule has 0 saturated heterocycles. The highest BCUT2D eigenvalue weighted by Crippen LogP contribution is 2.24. The van der Waals surface area contributed by atoms with Crippen molar-refractivity contribution >= 4 is 40.1 Å². The number of aryl methyl sites for hydroxylation is 2. The third-order valence-electron chi connectivity index (χ3n) is 3.83. The van der Waals surface area contributed by atoms with Crippen molar-refractivity contribution in [2.45, 2.75) is 6.92 Å². The molecule has 0 bridgehead atoms. The summed E-state index contributed by atoms with van der Waals surface area (Å²) < 4.78 is 1.66. The van der Waals surface area contributed by atoms with Gasteiger partial charge in [0.15, 0.2) is 5.65 Å². The molecule has 0 atom stereocenters. The van der Waals surface area contributed by atoms with Gasteiger partial charge in [0.1, 0.15) is 0 Å². The van der Waals surface area contributed by atoms with Crippen LogP contribution in [0.1, 0.15) is 26.4 Å². The predicted molar refractivity (Wildman–Crippen MR) is 96.0 cm³/mol. The summed E-state index contributed by atoms with van der Waals surface area (Å²) in [5.41, 5.74) is 2.63. The van der Waals surface area contributed by atoms with Gasteiger partial charge in [0, 0.05) is 31.2 Å². The fourth-order valence-electron chi connectivity index (χ4n) is 2.53. The summed E-state index contributed by atoms with van der Waals surface area (Å²) in [6.07, 6.45) is 1.48. The van der Waals surface area contributed by atoms with E-state index in [1.54, 1.807) is 29.9 Å². The number of carbonyl (C=O) groups excluding carboxylic acids is 2. The molecule has 0 fully saturated rings. The molecule has 8 heteroatoms. The van der Waals surface area contributed by atoms with Crippen molar-refractivity contribution in [3.8, 4) is 0 Å². The molecule has 0 saturated carbocycles. The van der Waals surface area contributed by atoms with E-state index in [-0.39, 0.29) is 11.8 Å². The molecule has 1 aromatic carbocycles. The maximum Gasteiger partial charge on any atom is 0.257 e.